The summed E-state index contributed by atoms with van der Waals surface area (Å²) in [4.78, 5) is 12.4. The number of carbonyl (C=O) groups excluding carboxylic acids is 1. The summed E-state index contributed by atoms with van der Waals surface area (Å²) in [6.07, 6.45) is 0.627. The van der Waals surface area contributed by atoms with Crippen LogP contribution < -0.4 is 11.1 Å². The molecule has 1 atom stereocenters. The first-order chi connectivity index (χ1) is 9.67. The van der Waals surface area contributed by atoms with Crippen LogP contribution in [0.25, 0.3) is 0 Å². The summed E-state index contributed by atoms with van der Waals surface area (Å²) in [6.45, 7) is 3.95. The summed E-state index contributed by atoms with van der Waals surface area (Å²) in [5, 5.41) is 2.76. The van der Waals surface area contributed by atoms with Crippen LogP contribution in [0, 0.1) is 5.41 Å². The van der Waals surface area contributed by atoms with E-state index in [0.717, 1.165) is 4.31 Å². The van der Waals surface area contributed by atoms with Crippen molar-refractivity contribution in [1.29, 1.82) is 0 Å². The SMILES string of the molecule is CCC(C)(CN)C(=O)Nc1ccc(S(=O)(=O)N(C)C)cc1. The molecule has 6 nitrogen and oxygen atoms in total. The summed E-state index contributed by atoms with van der Waals surface area (Å²) in [7, 11) is -0.517. The molecule has 0 aliphatic carbocycles. The molecular weight excluding hydrogens is 290 g/mol. The Morgan fingerprint density at radius 2 is 1.81 bits per heavy atom. The van der Waals surface area contributed by atoms with Crippen LogP contribution in [0.1, 0.15) is 20.3 Å². The van der Waals surface area contributed by atoms with Gasteiger partial charge in [-0.1, -0.05) is 6.92 Å². The third kappa shape index (κ3) is 3.81. The van der Waals surface area contributed by atoms with Crippen LogP contribution in [0.5, 0.6) is 0 Å². The van der Waals surface area contributed by atoms with Crippen molar-refractivity contribution >= 4 is 21.6 Å². The van der Waals surface area contributed by atoms with Crippen LogP contribution in [0.3, 0.4) is 0 Å². The number of benzene rings is 1. The molecule has 1 aromatic rings. The molecule has 0 aromatic heterocycles. The third-order valence-electron chi connectivity index (χ3n) is 3.67. The van der Waals surface area contributed by atoms with Crippen molar-refractivity contribution in [3.8, 4) is 0 Å². The predicted octanol–water partition coefficient (Wildman–Crippen LogP) is 1.25. The lowest BCUT2D eigenvalue weighted by Crippen LogP contribution is -2.39. The lowest BCUT2D eigenvalue weighted by Gasteiger charge is -2.25. The standard InChI is InChI=1S/C14H23N3O3S/c1-5-14(2,10-15)13(18)16-11-6-8-12(9-7-11)21(19,20)17(3)4/h6-9H,5,10,15H2,1-4H3,(H,16,18). The highest BCUT2D eigenvalue weighted by Crippen LogP contribution is 2.23. The van der Waals surface area contributed by atoms with Crippen LogP contribution >= 0.6 is 0 Å². The maximum Gasteiger partial charge on any atom is 0.242 e. The highest BCUT2D eigenvalue weighted by Gasteiger charge is 2.29. The van der Waals surface area contributed by atoms with E-state index in [-0.39, 0.29) is 17.3 Å². The van der Waals surface area contributed by atoms with E-state index in [9.17, 15) is 13.2 Å². The minimum absolute atomic E-state index is 0.171. The molecule has 0 aliphatic rings. The fourth-order valence-electron chi connectivity index (χ4n) is 1.60. The van der Waals surface area contributed by atoms with Gasteiger partial charge in [0.15, 0.2) is 0 Å². The summed E-state index contributed by atoms with van der Waals surface area (Å²) in [5.41, 5.74) is 5.56. The molecule has 0 spiro atoms. The fourth-order valence-corrected chi connectivity index (χ4v) is 2.50. The molecule has 21 heavy (non-hydrogen) atoms. The number of anilines is 1. The number of nitrogens with one attached hydrogen (secondary N) is 1. The molecule has 7 heteroatoms. The Bertz CT molecular complexity index is 590. The fraction of sp³-hybridized carbons (Fsp3) is 0.500. The highest BCUT2D eigenvalue weighted by atomic mass is 32.2. The van der Waals surface area contributed by atoms with Crippen molar-refractivity contribution in [2.24, 2.45) is 11.1 Å². The zero-order chi connectivity index (χ0) is 16.3. The number of carbonyl (C=O) groups is 1. The van der Waals surface area contributed by atoms with E-state index in [1.165, 1.54) is 26.2 Å². The van der Waals surface area contributed by atoms with E-state index in [1.807, 2.05) is 6.92 Å². The van der Waals surface area contributed by atoms with Gasteiger partial charge in [-0.2, -0.15) is 0 Å². The van der Waals surface area contributed by atoms with E-state index in [1.54, 1.807) is 19.1 Å². The van der Waals surface area contributed by atoms with E-state index in [4.69, 9.17) is 5.73 Å². The maximum absolute atomic E-state index is 12.2. The van der Waals surface area contributed by atoms with Crippen molar-refractivity contribution in [1.82, 2.24) is 4.31 Å². The Kier molecular flexibility index (Phi) is 5.49. The Labute approximate surface area is 126 Å². The van der Waals surface area contributed by atoms with Crippen LogP contribution in [-0.4, -0.2) is 39.3 Å². The molecule has 1 rings (SSSR count). The van der Waals surface area contributed by atoms with Gasteiger partial charge < -0.3 is 11.1 Å². The largest absolute Gasteiger partial charge is 0.329 e. The molecule has 0 saturated carbocycles. The van der Waals surface area contributed by atoms with Crippen molar-refractivity contribution in [2.75, 3.05) is 26.0 Å². The zero-order valence-electron chi connectivity index (χ0n) is 12.9. The van der Waals surface area contributed by atoms with Gasteiger partial charge in [0.25, 0.3) is 0 Å². The third-order valence-corrected chi connectivity index (χ3v) is 5.50. The van der Waals surface area contributed by atoms with Crippen molar-refractivity contribution in [3.05, 3.63) is 24.3 Å². The molecule has 0 bridgehead atoms. The zero-order valence-corrected chi connectivity index (χ0v) is 13.7. The van der Waals surface area contributed by atoms with Crippen LogP contribution in [-0.2, 0) is 14.8 Å². The molecule has 0 fully saturated rings. The highest BCUT2D eigenvalue weighted by molar-refractivity contribution is 7.89. The normalized spacial score (nSPS) is 14.8. The average Bonchev–Trinajstić information content (AvgIpc) is 2.46. The summed E-state index contributed by atoms with van der Waals surface area (Å²) >= 11 is 0. The second-order valence-electron chi connectivity index (χ2n) is 5.38. The minimum atomic E-state index is -3.46. The Morgan fingerprint density at radius 3 is 2.19 bits per heavy atom. The van der Waals surface area contributed by atoms with Gasteiger partial charge in [0.1, 0.15) is 0 Å². The number of nitrogens with two attached hydrogens (primary N) is 1. The van der Waals surface area contributed by atoms with Gasteiger partial charge >= 0.3 is 0 Å². The smallest absolute Gasteiger partial charge is 0.242 e. The van der Waals surface area contributed by atoms with E-state index in [2.05, 4.69) is 5.32 Å². The maximum atomic E-state index is 12.2. The first-order valence-corrected chi connectivity index (χ1v) is 8.15. The van der Waals surface area contributed by atoms with E-state index < -0.39 is 15.4 Å². The van der Waals surface area contributed by atoms with Gasteiger partial charge in [0.05, 0.1) is 10.3 Å². The number of amides is 1. The van der Waals surface area contributed by atoms with Crippen LogP contribution in [0.15, 0.2) is 29.2 Å². The van der Waals surface area contributed by atoms with E-state index >= 15 is 0 Å². The van der Waals surface area contributed by atoms with E-state index in [0.29, 0.717) is 12.1 Å². The minimum Gasteiger partial charge on any atom is -0.329 e. The molecule has 0 saturated heterocycles. The summed E-state index contributed by atoms with van der Waals surface area (Å²) < 4.78 is 25.0. The lowest BCUT2D eigenvalue weighted by atomic mass is 9.86. The quantitative estimate of drug-likeness (QED) is 0.826. The van der Waals surface area contributed by atoms with Gasteiger partial charge in [-0.15, -0.1) is 0 Å². The molecule has 3 N–H and O–H groups in total. The van der Waals surface area contributed by atoms with Gasteiger partial charge in [-0.05, 0) is 37.6 Å². The Balaban J connectivity index is 2.93. The number of rotatable bonds is 6. The first kappa shape index (κ1) is 17.6. The van der Waals surface area contributed by atoms with Gasteiger partial charge in [-0.25, -0.2) is 12.7 Å². The first-order valence-electron chi connectivity index (χ1n) is 6.71. The molecule has 1 amide bonds. The molecule has 0 heterocycles. The number of nitrogens with zero attached hydrogens (tertiary/aromatic N) is 1. The van der Waals surface area contributed by atoms with Crippen molar-refractivity contribution in [2.45, 2.75) is 25.2 Å². The number of sulfonamides is 1. The van der Waals surface area contributed by atoms with Crippen molar-refractivity contribution < 1.29 is 13.2 Å². The molecule has 118 valence electrons. The topological polar surface area (TPSA) is 92.5 Å². The average molecular weight is 313 g/mol. The predicted molar refractivity (Wildman–Crippen MR) is 83.4 cm³/mol. The molecule has 0 aliphatic heterocycles. The lowest BCUT2D eigenvalue weighted by molar-refractivity contribution is -0.124. The second kappa shape index (κ2) is 6.55. The summed E-state index contributed by atoms with van der Waals surface area (Å²) in [5.74, 6) is -0.171. The van der Waals surface area contributed by atoms with Crippen molar-refractivity contribution in [3.63, 3.8) is 0 Å². The monoisotopic (exact) mass is 313 g/mol. The Hall–Kier alpha value is -1.44. The number of hydrogen-bond donors (Lipinski definition) is 2. The van der Waals surface area contributed by atoms with Gasteiger partial charge in [-0.3, -0.25) is 4.79 Å². The Morgan fingerprint density at radius 1 is 1.29 bits per heavy atom. The molecule has 1 unspecified atom stereocenters. The van der Waals surface area contributed by atoms with Crippen LogP contribution in [0.2, 0.25) is 0 Å². The van der Waals surface area contributed by atoms with Gasteiger partial charge in [0.2, 0.25) is 15.9 Å². The molecular formula is C14H23N3O3S. The molecule has 0 radical (unpaired) electrons. The summed E-state index contributed by atoms with van der Waals surface area (Å²) in [6, 6.07) is 6.08. The van der Waals surface area contributed by atoms with Crippen LogP contribution in [0.4, 0.5) is 5.69 Å². The van der Waals surface area contributed by atoms with Gasteiger partial charge in [0, 0.05) is 26.3 Å². The number of hydrogen-bond acceptors (Lipinski definition) is 4. The second-order valence-corrected chi connectivity index (χ2v) is 7.54. The molecule has 1 aromatic carbocycles.